The Morgan fingerprint density at radius 2 is 2.14 bits per heavy atom. The molecule has 0 spiro atoms. The Morgan fingerprint density at radius 1 is 1.43 bits per heavy atom. The van der Waals surface area contributed by atoms with Crippen LogP contribution in [-0.4, -0.2) is 35.8 Å². The minimum Gasteiger partial charge on any atom is -0.464 e. The van der Waals surface area contributed by atoms with Crippen molar-refractivity contribution >= 4 is 41.0 Å². The number of fused-ring (bicyclic) bond motifs is 3. The van der Waals surface area contributed by atoms with Gasteiger partial charge in [-0.2, -0.15) is 0 Å². The van der Waals surface area contributed by atoms with Gasteiger partial charge in [0.25, 0.3) is 0 Å². The summed E-state index contributed by atoms with van der Waals surface area (Å²) in [7, 11) is 0. The van der Waals surface area contributed by atoms with Crippen molar-refractivity contribution < 1.29 is 14.3 Å². The first-order chi connectivity index (χ1) is 9.88. The van der Waals surface area contributed by atoms with Gasteiger partial charge in [-0.15, -0.1) is 0 Å². The number of hydrogen-bond donors (Lipinski definition) is 1. The van der Waals surface area contributed by atoms with Gasteiger partial charge in [-0.1, -0.05) is 23.2 Å². The van der Waals surface area contributed by atoms with Gasteiger partial charge in [-0.3, -0.25) is 4.90 Å². The van der Waals surface area contributed by atoms with E-state index in [4.69, 9.17) is 27.9 Å². The minimum absolute atomic E-state index is 0.0576. The number of halogens is 2. The number of rotatable bonds is 1. The molecule has 0 bridgehead atoms. The first kappa shape index (κ1) is 14.3. The zero-order chi connectivity index (χ0) is 15.3. The molecule has 1 atom stereocenters. The third kappa shape index (κ3) is 2.28. The maximum Gasteiger partial charge on any atom is 0.335 e. The minimum atomic E-state index is -0.568. The highest BCUT2D eigenvalue weighted by atomic mass is 35.5. The van der Waals surface area contributed by atoms with E-state index in [2.05, 4.69) is 5.32 Å². The van der Waals surface area contributed by atoms with Gasteiger partial charge in [-0.25, -0.2) is 14.5 Å². The molecule has 0 radical (unpaired) electrons. The van der Waals surface area contributed by atoms with Crippen molar-refractivity contribution in [2.24, 2.45) is 0 Å². The van der Waals surface area contributed by atoms with Gasteiger partial charge in [0.2, 0.25) is 0 Å². The van der Waals surface area contributed by atoms with Crippen LogP contribution >= 0.6 is 23.2 Å². The third-order valence-electron chi connectivity index (χ3n) is 3.22. The summed E-state index contributed by atoms with van der Waals surface area (Å²) < 4.78 is 5.67. The Bertz CT molecular complexity index is 635. The Kier molecular flexibility index (Phi) is 3.37. The smallest absolute Gasteiger partial charge is 0.335 e. The molecule has 1 aromatic carbocycles. The van der Waals surface area contributed by atoms with Gasteiger partial charge >= 0.3 is 12.1 Å². The molecule has 1 unspecified atom stereocenters. The summed E-state index contributed by atoms with van der Waals surface area (Å²) in [5, 5.41) is 3.43. The van der Waals surface area contributed by atoms with Crippen LogP contribution in [0.3, 0.4) is 0 Å². The number of nitrogens with zero attached hydrogens (tertiary/aromatic N) is 2. The van der Waals surface area contributed by atoms with Crippen LogP contribution in [-0.2, 0) is 0 Å². The highest BCUT2D eigenvalue weighted by molar-refractivity contribution is 6.36. The fourth-order valence-corrected chi connectivity index (χ4v) is 2.92. The van der Waals surface area contributed by atoms with E-state index in [1.807, 2.05) is 13.8 Å². The van der Waals surface area contributed by atoms with Crippen LogP contribution in [0.4, 0.5) is 15.3 Å². The topological polar surface area (TPSA) is 61.9 Å². The van der Waals surface area contributed by atoms with Gasteiger partial charge in [-0.05, 0) is 26.0 Å². The second-order valence-electron chi connectivity index (χ2n) is 5.18. The van der Waals surface area contributed by atoms with Crippen LogP contribution in [0.5, 0.6) is 5.75 Å². The van der Waals surface area contributed by atoms with Crippen molar-refractivity contribution in [3.8, 4) is 5.75 Å². The lowest BCUT2D eigenvalue weighted by atomic mass is 10.3. The molecule has 1 saturated heterocycles. The van der Waals surface area contributed by atoms with Gasteiger partial charge in [0.1, 0.15) is 0 Å². The molecule has 2 aliphatic rings. The lowest BCUT2D eigenvalue weighted by Crippen LogP contribution is -2.45. The van der Waals surface area contributed by atoms with E-state index in [1.165, 1.54) is 4.90 Å². The summed E-state index contributed by atoms with van der Waals surface area (Å²) in [4.78, 5) is 26.9. The fourth-order valence-electron chi connectivity index (χ4n) is 2.39. The van der Waals surface area contributed by atoms with Crippen LogP contribution in [0.15, 0.2) is 12.1 Å². The van der Waals surface area contributed by atoms with E-state index >= 15 is 0 Å². The molecule has 21 heavy (non-hydrogen) atoms. The van der Waals surface area contributed by atoms with Crippen molar-refractivity contribution in [1.82, 2.24) is 10.2 Å². The van der Waals surface area contributed by atoms with Crippen molar-refractivity contribution in [3.05, 3.63) is 22.2 Å². The van der Waals surface area contributed by atoms with Crippen LogP contribution in [0, 0.1) is 0 Å². The van der Waals surface area contributed by atoms with Crippen molar-refractivity contribution in [2.45, 2.75) is 26.1 Å². The lowest BCUT2D eigenvalue weighted by Gasteiger charge is -2.18. The molecule has 3 rings (SSSR count). The molecule has 112 valence electrons. The normalized spacial score (nSPS) is 19.7. The second kappa shape index (κ2) is 4.96. The summed E-state index contributed by atoms with van der Waals surface area (Å²) >= 11 is 12.0. The first-order valence-corrected chi connectivity index (χ1v) is 7.21. The molecular weight excluding hydrogens is 317 g/mol. The summed E-state index contributed by atoms with van der Waals surface area (Å²) in [5.41, 5.74) is 0.488. The van der Waals surface area contributed by atoms with Crippen LogP contribution < -0.4 is 15.0 Å². The average molecular weight is 330 g/mol. The van der Waals surface area contributed by atoms with Crippen LogP contribution in [0.25, 0.3) is 0 Å². The quantitative estimate of drug-likeness (QED) is 0.861. The Hall–Kier alpha value is -1.66. The maximum atomic E-state index is 12.4. The van der Waals surface area contributed by atoms with E-state index in [0.717, 1.165) is 4.90 Å². The zero-order valence-electron chi connectivity index (χ0n) is 11.4. The number of amides is 4. The van der Waals surface area contributed by atoms with E-state index < -0.39 is 18.3 Å². The Balaban J connectivity index is 1.90. The second-order valence-corrected chi connectivity index (χ2v) is 6.02. The maximum absolute atomic E-state index is 12.4. The molecule has 2 heterocycles. The van der Waals surface area contributed by atoms with Crippen LogP contribution in [0.2, 0.25) is 10.0 Å². The van der Waals surface area contributed by atoms with E-state index in [-0.39, 0.29) is 12.6 Å². The number of ether oxygens (including phenoxy) is 1. The lowest BCUT2D eigenvalue weighted by molar-refractivity contribution is 0.188. The molecule has 1 aromatic rings. The third-order valence-corrected chi connectivity index (χ3v) is 3.72. The number of urea groups is 2. The highest BCUT2D eigenvalue weighted by Gasteiger charge is 2.48. The van der Waals surface area contributed by atoms with E-state index in [0.29, 0.717) is 21.5 Å². The van der Waals surface area contributed by atoms with Gasteiger partial charge in [0.05, 0.1) is 17.3 Å². The Labute approximate surface area is 131 Å². The molecule has 0 aromatic heterocycles. The average Bonchev–Trinajstić information content (AvgIpc) is 2.87. The number of carbonyl (C=O) groups excluding carboxylic acids is 2. The summed E-state index contributed by atoms with van der Waals surface area (Å²) in [6.45, 7) is 3.79. The molecule has 1 fully saturated rings. The number of hydrogen-bond acceptors (Lipinski definition) is 3. The van der Waals surface area contributed by atoms with Gasteiger partial charge < -0.3 is 10.1 Å². The van der Waals surface area contributed by atoms with Crippen molar-refractivity contribution in [1.29, 1.82) is 0 Å². The van der Waals surface area contributed by atoms with Crippen molar-refractivity contribution in [3.63, 3.8) is 0 Å². The standard InChI is InChI=1S/C13H13Cl2N3O3/c1-6(2)16-12(19)17-5-10-18(13(17)20)9-4-7(14)3-8(15)11(9)21-10/h3-4,6,10H,5H2,1-2H3,(H,16,19). The van der Waals surface area contributed by atoms with Gasteiger partial charge in [0, 0.05) is 11.1 Å². The predicted octanol–water partition coefficient (Wildman–Crippen LogP) is 3.07. The first-order valence-electron chi connectivity index (χ1n) is 6.45. The fraction of sp³-hybridized carbons (Fsp3) is 0.385. The zero-order valence-corrected chi connectivity index (χ0v) is 12.9. The number of carbonyl (C=O) groups is 2. The van der Waals surface area contributed by atoms with Crippen LogP contribution in [0.1, 0.15) is 13.8 Å². The number of nitrogens with one attached hydrogen (secondary N) is 1. The number of anilines is 1. The molecule has 4 amide bonds. The largest absolute Gasteiger partial charge is 0.464 e. The highest BCUT2D eigenvalue weighted by Crippen LogP contribution is 2.46. The molecule has 1 N–H and O–H groups in total. The Morgan fingerprint density at radius 3 is 2.81 bits per heavy atom. The monoisotopic (exact) mass is 329 g/mol. The molecule has 0 aliphatic carbocycles. The van der Waals surface area contributed by atoms with E-state index in [9.17, 15) is 9.59 Å². The molecule has 6 nitrogen and oxygen atoms in total. The van der Waals surface area contributed by atoms with E-state index in [1.54, 1.807) is 12.1 Å². The summed E-state index contributed by atoms with van der Waals surface area (Å²) in [5.74, 6) is 0.420. The number of imide groups is 1. The molecular formula is C13H13Cl2N3O3. The summed E-state index contributed by atoms with van der Waals surface area (Å²) in [6.07, 6.45) is -0.568. The van der Waals surface area contributed by atoms with Crippen molar-refractivity contribution in [2.75, 3.05) is 11.4 Å². The predicted molar refractivity (Wildman–Crippen MR) is 79.1 cm³/mol. The summed E-state index contributed by atoms with van der Waals surface area (Å²) in [6, 6.07) is 2.21. The van der Waals surface area contributed by atoms with Gasteiger partial charge in [0.15, 0.2) is 12.0 Å². The molecule has 8 heteroatoms. The SMILES string of the molecule is CC(C)NC(=O)N1CC2Oc3c(Cl)cc(Cl)cc3N2C1=O. The number of benzene rings is 1. The molecule has 0 saturated carbocycles. The molecule has 2 aliphatic heterocycles.